The van der Waals surface area contributed by atoms with Crippen LogP contribution in [0.4, 0.5) is 4.39 Å². The number of piperidine rings is 2. The summed E-state index contributed by atoms with van der Waals surface area (Å²) in [7, 11) is 1.98. The highest BCUT2D eigenvalue weighted by Gasteiger charge is 2.39. The fourth-order valence-electron chi connectivity index (χ4n) is 4.08. The monoisotopic (exact) mass is 313 g/mol. The average Bonchev–Trinajstić information content (AvgIpc) is 2.48. The third-order valence-corrected chi connectivity index (χ3v) is 5.34. The molecule has 3 fully saturated rings. The number of carbonyl (C=O) groups is 1. The summed E-state index contributed by atoms with van der Waals surface area (Å²) in [5.41, 5.74) is 6.10. The van der Waals surface area contributed by atoms with Crippen molar-refractivity contribution in [2.24, 2.45) is 5.73 Å². The van der Waals surface area contributed by atoms with E-state index in [9.17, 15) is 9.18 Å². The summed E-state index contributed by atoms with van der Waals surface area (Å²) >= 11 is 0. The fourth-order valence-corrected chi connectivity index (χ4v) is 4.08. The Kier molecular flexibility index (Phi) is 4.97. The van der Waals surface area contributed by atoms with E-state index in [1.165, 1.54) is 0 Å². The summed E-state index contributed by atoms with van der Waals surface area (Å²) in [6.07, 6.45) is 0.961. The van der Waals surface area contributed by atoms with Crippen LogP contribution in [-0.4, -0.2) is 97.8 Å². The van der Waals surface area contributed by atoms with Gasteiger partial charge in [-0.05, 0) is 19.9 Å². The third kappa shape index (κ3) is 3.27. The maximum absolute atomic E-state index is 14.2. The van der Waals surface area contributed by atoms with E-state index in [1.807, 2.05) is 11.9 Å². The first-order valence-electron chi connectivity index (χ1n) is 8.38. The molecule has 7 heteroatoms. The Bertz CT molecular complexity index is 391. The Labute approximate surface area is 131 Å². The van der Waals surface area contributed by atoms with Crippen LogP contribution in [0, 0.1) is 0 Å². The maximum Gasteiger partial charge on any atom is 0.237 e. The SMILES string of the molecule is CN1CCN(C2CCN(C3C(N)CNC[C@@H]3F)CC2)C(=O)C1. The molecule has 0 radical (unpaired) electrons. The number of hydrogen-bond acceptors (Lipinski definition) is 5. The molecule has 3 heterocycles. The van der Waals surface area contributed by atoms with E-state index in [0.29, 0.717) is 25.7 Å². The van der Waals surface area contributed by atoms with Crippen molar-refractivity contribution < 1.29 is 9.18 Å². The Morgan fingerprint density at radius 2 is 1.91 bits per heavy atom. The predicted octanol–water partition coefficient (Wildman–Crippen LogP) is -1.14. The topological polar surface area (TPSA) is 64.8 Å². The van der Waals surface area contributed by atoms with Gasteiger partial charge in [-0.2, -0.15) is 0 Å². The number of alkyl halides is 1. The zero-order chi connectivity index (χ0) is 15.7. The number of nitrogens with one attached hydrogen (secondary N) is 1. The number of rotatable bonds is 2. The molecule has 2 unspecified atom stereocenters. The second-order valence-corrected chi connectivity index (χ2v) is 6.92. The van der Waals surface area contributed by atoms with Crippen LogP contribution in [0.15, 0.2) is 0 Å². The molecule has 0 aliphatic carbocycles. The molecular weight excluding hydrogens is 285 g/mol. The molecule has 3 saturated heterocycles. The lowest BCUT2D eigenvalue weighted by Crippen LogP contribution is -2.65. The van der Waals surface area contributed by atoms with Crippen LogP contribution in [0.1, 0.15) is 12.8 Å². The summed E-state index contributed by atoms with van der Waals surface area (Å²) < 4.78 is 14.2. The maximum atomic E-state index is 14.2. The second-order valence-electron chi connectivity index (χ2n) is 6.92. The highest BCUT2D eigenvalue weighted by atomic mass is 19.1. The van der Waals surface area contributed by atoms with Crippen molar-refractivity contribution in [1.29, 1.82) is 0 Å². The number of nitrogens with zero attached hydrogens (tertiary/aromatic N) is 3. The van der Waals surface area contributed by atoms with E-state index in [4.69, 9.17) is 5.73 Å². The van der Waals surface area contributed by atoms with Gasteiger partial charge < -0.3 is 16.0 Å². The molecule has 126 valence electrons. The average molecular weight is 313 g/mol. The van der Waals surface area contributed by atoms with Crippen molar-refractivity contribution in [1.82, 2.24) is 20.0 Å². The summed E-state index contributed by atoms with van der Waals surface area (Å²) in [5.74, 6) is 0.231. The summed E-state index contributed by atoms with van der Waals surface area (Å²) in [4.78, 5) is 18.5. The summed E-state index contributed by atoms with van der Waals surface area (Å²) in [5, 5.41) is 3.04. The van der Waals surface area contributed by atoms with Crippen LogP contribution in [0.25, 0.3) is 0 Å². The van der Waals surface area contributed by atoms with Gasteiger partial charge in [0.2, 0.25) is 5.91 Å². The standard InChI is InChI=1S/C15H28FN5O/c1-19-6-7-21(14(22)10-19)11-2-4-20(5-3-11)15-12(16)8-18-9-13(15)17/h11-13,15,18H,2-10,17H2,1H3/t12-,13?,15?/m0/s1. The van der Waals surface area contributed by atoms with Gasteiger partial charge in [0.15, 0.2) is 0 Å². The molecule has 3 rings (SSSR count). The number of hydrogen-bond donors (Lipinski definition) is 2. The van der Waals surface area contributed by atoms with Crippen LogP contribution in [0.5, 0.6) is 0 Å². The van der Waals surface area contributed by atoms with Gasteiger partial charge >= 0.3 is 0 Å². The lowest BCUT2D eigenvalue weighted by molar-refractivity contribution is -0.139. The van der Waals surface area contributed by atoms with Crippen molar-refractivity contribution >= 4 is 5.91 Å². The zero-order valence-electron chi connectivity index (χ0n) is 13.4. The molecular formula is C15H28FN5O. The number of amides is 1. The number of piperazine rings is 1. The minimum absolute atomic E-state index is 0.148. The smallest absolute Gasteiger partial charge is 0.237 e. The second kappa shape index (κ2) is 6.78. The van der Waals surface area contributed by atoms with Crippen molar-refractivity contribution in [3.63, 3.8) is 0 Å². The minimum Gasteiger partial charge on any atom is -0.337 e. The molecule has 3 N–H and O–H groups in total. The minimum atomic E-state index is -0.898. The van der Waals surface area contributed by atoms with Crippen molar-refractivity contribution in [3.8, 4) is 0 Å². The lowest BCUT2D eigenvalue weighted by atomic mass is 9.93. The molecule has 3 aliphatic heterocycles. The first-order chi connectivity index (χ1) is 10.6. The Morgan fingerprint density at radius 3 is 2.55 bits per heavy atom. The number of likely N-dealkylation sites (N-methyl/N-ethyl adjacent to an activating group) is 1. The highest BCUT2D eigenvalue weighted by molar-refractivity contribution is 5.79. The predicted molar refractivity (Wildman–Crippen MR) is 83.3 cm³/mol. The van der Waals surface area contributed by atoms with Crippen molar-refractivity contribution in [2.45, 2.75) is 37.1 Å². The fraction of sp³-hybridized carbons (Fsp3) is 0.933. The highest BCUT2D eigenvalue weighted by Crippen LogP contribution is 2.23. The molecule has 3 atom stereocenters. The molecule has 0 saturated carbocycles. The van der Waals surface area contributed by atoms with Gasteiger partial charge in [-0.3, -0.25) is 14.6 Å². The molecule has 0 aromatic rings. The molecule has 0 aromatic heterocycles. The molecule has 6 nitrogen and oxygen atoms in total. The lowest BCUT2D eigenvalue weighted by Gasteiger charge is -2.46. The van der Waals surface area contributed by atoms with Gasteiger partial charge in [-0.25, -0.2) is 4.39 Å². The largest absolute Gasteiger partial charge is 0.337 e. The van der Waals surface area contributed by atoms with Gasteiger partial charge in [0, 0.05) is 51.4 Å². The first-order valence-corrected chi connectivity index (χ1v) is 8.38. The summed E-state index contributed by atoms with van der Waals surface area (Å²) in [6.45, 7) is 5.03. The molecule has 0 bridgehead atoms. The Balaban J connectivity index is 1.55. The van der Waals surface area contributed by atoms with E-state index in [1.54, 1.807) is 0 Å². The quantitative estimate of drug-likeness (QED) is 0.675. The Hall–Kier alpha value is -0.760. The van der Waals surface area contributed by atoms with Crippen LogP contribution in [0.3, 0.4) is 0 Å². The van der Waals surface area contributed by atoms with Crippen molar-refractivity contribution in [3.05, 3.63) is 0 Å². The first kappa shape index (κ1) is 16.1. The molecule has 0 aromatic carbocycles. The summed E-state index contributed by atoms with van der Waals surface area (Å²) in [6, 6.07) is -0.00981. The third-order valence-electron chi connectivity index (χ3n) is 5.34. The van der Waals surface area contributed by atoms with Crippen LogP contribution in [0.2, 0.25) is 0 Å². The van der Waals surface area contributed by atoms with Crippen LogP contribution < -0.4 is 11.1 Å². The number of nitrogens with two attached hydrogens (primary N) is 1. The van der Waals surface area contributed by atoms with Gasteiger partial charge in [0.05, 0.1) is 12.6 Å². The zero-order valence-corrected chi connectivity index (χ0v) is 13.4. The van der Waals surface area contributed by atoms with Gasteiger partial charge in [-0.15, -0.1) is 0 Å². The van der Waals surface area contributed by atoms with Crippen LogP contribution >= 0.6 is 0 Å². The van der Waals surface area contributed by atoms with E-state index >= 15 is 0 Å². The van der Waals surface area contributed by atoms with E-state index in [-0.39, 0.29) is 18.0 Å². The van der Waals surface area contributed by atoms with Crippen LogP contribution in [-0.2, 0) is 4.79 Å². The van der Waals surface area contributed by atoms with Gasteiger partial charge in [0.25, 0.3) is 0 Å². The molecule has 3 aliphatic rings. The number of halogens is 1. The van der Waals surface area contributed by atoms with Gasteiger partial charge in [-0.1, -0.05) is 0 Å². The van der Waals surface area contributed by atoms with E-state index in [0.717, 1.165) is 39.0 Å². The van der Waals surface area contributed by atoms with Crippen molar-refractivity contribution in [2.75, 3.05) is 52.9 Å². The van der Waals surface area contributed by atoms with Gasteiger partial charge in [0.1, 0.15) is 6.17 Å². The number of likely N-dealkylation sites (tertiary alicyclic amines) is 1. The molecule has 0 spiro atoms. The Morgan fingerprint density at radius 1 is 1.18 bits per heavy atom. The van der Waals surface area contributed by atoms with E-state index < -0.39 is 6.17 Å². The normalized spacial score (nSPS) is 36.8. The molecule has 1 amide bonds. The molecule has 22 heavy (non-hydrogen) atoms. The van der Waals surface area contributed by atoms with E-state index in [2.05, 4.69) is 15.1 Å². The number of carbonyl (C=O) groups excluding carboxylic acids is 1.